The summed E-state index contributed by atoms with van der Waals surface area (Å²) in [6.07, 6.45) is -0.226. The van der Waals surface area contributed by atoms with Gasteiger partial charge in [-0.2, -0.15) is 0 Å². The van der Waals surface area contributed by atoms with E-state index >= 15 is 0 Å². The monoisotopic (exact) mass is 290 g/mol. The van der Waals surface area contributed by atoms with Gasteiger partial charge in [-0.25, -0.2) is 4.39 Å². The lowest BCUT2D eigenvalue weighted by Crippen LogP contribution is -2.23. The fourth-order valence-corrected chi connectivity index (χ4v) is 2.17. The molecule has 0 saturated carbocycles. The number of methoxy groups -OCH3 is 2. The lowest BCUT2D eigenvalue weighted by atomic mass is 9.81. The van der Waals surface area contributed by atoms with E-state index in [9.17, 15) is 9.18 Å². The highest BCUT2D eigenvalue weighted by atomic mass is 35.5. The Balaban J connectivity index is 3.45. The molecule has 0 saturated heterocycles. The van der Waals surface area contributed by atoms with E-state index in [1.54, 1.807) is 13.8 Å². The fraction of sp³-hybridized carbons (Fsp3) is 0.462. The second-order valence-electron chi connectivity index (χ2n) is 4.74. The lowest BCUT2D eigenvalue weighted by Gasteiger charge is -2.25. The van der Waals surface area contributed by atoms with Gasteiger partial charge in [-0.05, 0) is 11.6 Å². The molecule has 0 aromatic heterocycles. The number of carbonyl (C=O) groups is 1. The largest absolute Gasteiger partial charge is 0.493 e. The lowest BCUT2D eigenvalue weighted by molar-refractivity contribution is -0.138. The average molecular weight is 291 g/mol. The molecule has 19 heavy (non-hydrogen) atoms. The summed E-state index contributed by atoms with van der Waals surface area (Å²) in [7, 11) is 2.76. The zero-order chi connectivity index (χ0) is 14.8. The molecule has 0 unspecified atom stereocenters. The molecule has 0 heterocycles. The first-order valence-electron chi connectivity index (χ1n) is 5.56. The molecule has 0 amide bonds. The van der Waals surface area contributed by atoms with Crippen LogP contribution in [0.4, 0.5) is 4.39 Å². The van der Waals surface area contributed by atoms with Crippen LogP contribution in [-0.4, -0.2) is 25.3 Å². The molecular weight excluding hydrogens is 275 g/mol. The number of ether oxygens (including phenoxy) is 2. The highest BCUT2D eigenvalue weighted by Gasteiger charge is 2.31. The predicted molar refractivity (Wildman–Crippen MR) is 69.8 cm³/mol. The SMILES string of the molecule is COc1cc(C(C)(C)CC(=O)O)c(F)c(Cl)c1OC. The minimum absolute atomic E-state index is 0.0940. The zero-order valence-electron chi connectivity index (χ0n) is 11.2. The van der Waals surface area contributed by atoms with Crippen LogP contribution in [0.3, 0.4) is 0 Å². The molecule has 0 aliphatic rings. The van der Waals surface area contributed by atoms with Gasteiger partial charge in [-0.15, -0.1) is 0 Å². The second-order valence-corrected chi connectivity index (χ2v) is 5.12. The summed E-state index contributed by atoms with van der Waals surface area (Å²) in [6.45, 7) is 3.25. The van der Waals surface area contributed by atoms with Gasteiger partial charge in [0.05, 0.1) is 20.6 Å². The van der Waals surface area contributed by atoms with Gasteiger partial charge in [0.1, 0.15) is 10.8 Å². The van der Waals surface area contributed by atoms with Crippen LogP contribution in [0.1, 0.15) is 25.8 Å². The van der Waals surface area contributed by atoms with E-state index in [0.717, 1.165) is 0 Å². The third-order valence-electron chi connectivity index (χ3n) is 2.87. The summed E-state index contributed by atoms with van der Waals surface area (Å²) in [6, 6.07) is 1.42. The highest BCUT2D eigenvalue weighted by molar-refractivity contribution is 6.32. The molecule has 0 atom stereocenters. The molecule has 0 aliphatic heterocycles. The molecule has 106 valence electrons. The van der Waals surface area contributed by atoms with Crippen molar-refractivity contribution in [3.63, 3.8) is 0 Å². The smallest absolute Gasteiger partial charge is 0.304 e. The summed E-state index contributed by atoms with van der Waals surface area (Å²) < 4.78 is 24.3. The first kappa shape index (κ1) is 15.6. The standard InChI is InChI=1S/C13H16ClFO4/c1-13(2,6-9(16)17)7-5-8(18-3)12(19-4)10(14)11(7)15/h5H,6H2,1-4H3,(H,16,17). The maximum Gasteiger partial charge on any atom is 0.304 e. The molecule has 0 fully saturated rings. The Labute approximate surface area is 116 Å². The summed E-state index contributed by atoms with van der Waals surface area (Å²) in [4.78, 5) is 10.9. The van der Waals surface area contributed by atoms with Crippen molar-refractivity contribution in [2.24, 2.45) is 0 Å². The van der Waals surface area contributed by atoms with Crippen molar-refractivity contribution in [3.8, 4) is 11.5 Å². The Hall–Kier alpha value is -1.49. The summed E-state index contributed by atoms with van der Waals surface area (Å²) in [5.74, 6) is -1.35. The van der Waals surface area contributed by atoms with Crippen molar-refractivity contribution >= 4 is 17.6 Å². The number of carboxylic acid groups (broad SMARTS) is 1. The van der Waals surface area contributed by atoms with Crippen molar-refractivity contribution in [2.75, 3.05) is 14.2 Å². The van der Waals surface area contributed by atoms with Gasteiger partial charge in [-0.1, -0.05) is 25.4 Å². The number of aliphatic carboxylic acids is 1. The first-order chi connectivity index (χ1) is 8.74. The van der Waals surface area contributed by atoms with Crippen LogP contribution in [0, 0.1) is 5.82 Å². The summed E-state index contributed by atoms with van der Waals surface area (Å²) in [5.41, 5.74) is -0.739. The average Bonchev–Trinajstić information content (AvgIpc) is 2.30. The van der Waals surface area contributed by atoms with E-state index in [-0.39, 0.29) is 28.5 Å². The molecule has 1 aromatic carbocycles. The molecule has 4 nitrogen and oxygen atoms in total. The van der Waals surface area contributed by atoms with Crippen molar-refractivity contribution in [1.29, 1.82) is 0 Å². The molecule has 0 radical (unpaired) electrons. The van der Waals surface area contributed by atoms with Crippen LogP contribution in [0.15, 0.2) is 6.07 Å². The Bertz CT molecular complexity index is 500. The van der Waals surface area contributed by atoms with Crippen LogP contribution in [0.25, 0.3) is 0 Å². The van der Waals surface area contributed by atoms with Gasteiger partial charge < -0.3 is 14.6 Å². The molecular formula is C13H16ClFO4. The second kappa shape index (κ2) is 5.65. The number of benzene rings is 1. The van der Waals surface area contributed by atoms with Crippen molar-refractivity contribution in [3.05, 3.63) is 22.5 Å². The number of hydrogen-bond donors (Lipinski definition) is 1. The van der Waals surface area contributed by atoms with Crippen LogP contribution >= 0.6 is 11.6 Å². The predicted octanol–water partition coefficient (Wildman–Crippen LogP) is 3.25. The van der Waals surface area contributed by atoms with Gasteiger partial charge in [0, 0.05) is 5.41 Å². The van der Waals surface area contributed by atoms with Gasteiger partial charge >= 0.3 is 5.97 Å². The number of carboxylic acids is 1. The third-order valence-corrected chi connectivity index (χ3v) is 3.21. The highest BCUT2D eigenvalue weighted by Crippen LogP contribution is 2.43. The van der Waals surface area contributed by atoms with E-state index in [4.69, 9.17) is 26.2 Å². The summed E-state index contributed by atoms with van der Waals surface area (Å²) in [5, 5.41) is 8.67. The van der Waals surface area contributed by atoms with Crippen molar-refractivity contribution in [2.45, 2.75) is 25.7 Å². The maximum atomic E-state index is 14.3. The van der Waals surface area contributed by atoms with Gasteiger partial charge in [0.2, 0.25) is 0 Å². The van der Waals surface area contributed by atoms with Crippen LogP contribution in [0.2, 0.25) is 5.02 Å². The minimum Gasteiger partial charge on any atom is -0.493 e. The number of hydrogen-bond acceptors (Lipinski definition) is 3. The van der Waals surface area contributed by atoms with Crippen molar-refractivity contribution in [1.82, 2.24) is 0 Å². The number of rotatable bonds is 5. The maximum absolute atomic E-state index is 14.3. The van der Waals surface area contributed by atoms with E-state index in [0.29, 0.717) is 0 Å². The Kier molecular flexibility index (Phi) is 4.63. The van der Waals surface area contributed by atoms with Gasteiger partial charge in [0.25, 0.3) is 0 Å². The minimum atomic E-state index is -1.02. The van der Waals surface area contributed by atoms with Crippen LogP contribution in [-0.2, 0) is 10.2 Å². The van der Waals surface area contributed by atoms with E-state index in [2.05, 4.69) is 0 Å². The topological polar surface area (TPSA) is 55.8 Å². The van der Waals surface area contributed by atoms with E-state index < -0.39 is 17.2 Å². The normalized spacial score (nSPS) is 11.3. The first-order valence-corrected chi connectivity index (χ1v) is 5.94. The molecule has 1 N–H and O–H groups in total. The van der Waals surface area contributed by atoms with Crippen molar-refractivity contribution < 1.29 is 23.8 Å². The molecule has 0 bridgehead atoms. The van der Waals surface area contributed by atoms with Gasteiger partial charge in [-0.3, -0.25) is 4.79 Å². The molecule has 1 aromatic rings. The fourth-order valence-electron chi connectivity index (χ4n) is 1.89. The molecule has 6 heteroatoms. The van der Waals surface area contributed by atoms with E-state index in [1.807, 2.05) is 0 Å². The zero-order valence-corrected chi connectivity index (χ0v) is 12.0. The Morgan fingerprint density at radius 2 is 2.00 bits per heavy atom. The van der Waals surface area contributed by atoms with E-state index in [1.165, 1.54) is 20.3 Å². The quantitative estimate of drug-likeness (QED) is 0.904. The molecule has 0 spiro atoms. The van der Waals surface area contributed by atoms with Crippen LogP contribution in [0.5, 0.6) is 11.5 Å². The number of halogens is 2. The molecule has 1 rings (SSSR count). The Morgan fingerprint density at radius 3 is 2.42 bits per heavy atom. The third kappa shape index (κ3) is 3.10. The summed E-state index contributed by atoms with van der Waals surface area (Å²) >= 11 is 5.90. The van der Waals surface area contributed by atoms with Gasteiger partial charge in [0.15, 0.2) is 11.5 Å². The molecule has 0 aliphatic carbocycles. The Morgan fingerprint density at radius 1 is 1.42 bits per heavy atom. The van der Waals surface area contributed by atoms with Crippen LogP contribution < -0.4 is 9.47 Å².